The predicted octanol–water partition coefficient (Wildman–Crippen LogP) is 4.31. The largest absolute Gasteiger partial charge is 0.292 e. The molecule has 1 heterocycles. The average Bonchev–Trinajstić information content (AvgIpc) is 2.81. The molecule has 0 atom stereocenters. The van der Waals surface area contributed by atoms with Gasteiger partial charge in [0.05, 0.1) is 5.52 Å². The van der Waals surface area contributed by atoms with Gasteiger partial charge < -0.3 is 0 Å². The molecule has 21 heavy (non-hydrogen) atoms. The van der Waals surface area contributed by atoms with Gasteiger partial charge in [0.1, 0.15) is 5.69 Å². The number of fused-ring (bicyclic) bond motifs is 1. The highest BCUT2D eigenvalue weighted by molar-refractivity contribution is 6.36. The number of aromatic nitrogens is 2. The molecule has 0 fully saturated rings. The molecule has 0 aliphatic heterocycles. The lowest BCUT2D eigenvalue weighted by Gasteiger charge is -2.05. The quantitative estimate of drug-likeness (QED) is 0.675. The van der Waals surface area contributed by atoms with Gasteiger partial charge in [0.15, 0.2) is 5.78 Å². The van der Waals surface area contributed by atoms with Crippen molar-refractivity contribution in [2.24, 2.45) is 7.05 Å². The highest BCUT2D eigenvalue weighted by atomic mass is 35.5. The Balaban J connectivity index is 2.02. The van der Waals surface area contributed by atoms with Gasteiger partial charge in [0, 0.05) is 28.9 Å². The van der Waals surface area contributed by atoms with Gasteiger partial charge in [0.25, 0.3) is 0 Å². The highest BCUT2D eigenvalue weighted by Crippen LogP contribution is 2.27. The first-order chi connectivity index (χ1) is 10.1. The van der Waals surface area contributed by atoms with Crippen LogP contribution in [0.25, 0.3) is 10.9 Å². The number of halogens is 2. The second-order valence-electron chi connectivity index (χ2n) is 4.79. The molecule has 2 aromatic carbocycles. The van der Waals surface area contributed by atoms with E-state index in [1.165, 1.54) is 0 Å². The number of hydrogen-bond donors (Lipinski definition) is 0. The third-order valence-corrected chi connectivity index (χ3v) is 4.13. The van der Waals surface area contributed by atoms with Gasteiger partial charge in [-0.1, -0.05) is 47.5 Å². The van der Waals surface area contributed by atoms with E-state index >= 15 is 0 Å². The number of carbonyl (C=O) groups excluding carboxylic acids is 1. The van der Waals surface area contributed by atoms with Crippen LogP contribution in [0, 0.1) is 0 Å². The minimum absolute atomic E-state index is 0.0956. The van der Waals surface area contributed by atoms with Crippen molar-refractivity contribution >= 4 is 39.9 Å². The molecule has 5 heteroatoms. The average molecular weight is 319 g/mol. The van der Waals surface area contributed by atoms with Crippen molar-refractivity contribution in [1.29, 1.82) is 0 Å². The number of ketones is 1. The Bertz CT molecular complexity index is 819. The Labute approximate surface area is 132 Å². The molecule has 0 N–H and O–H groups in total. The van der Waals surface area contributed by atoms with Crippen LogP contribution >= 0.6 is 23.2 Å². The summed E-state index contributed by atoms with van der Waals surface area (Å²) in [4.78, 5) is 12.6. The monoisotopic (exact) mass is 318 g/mol. The van der Waals surface area contributed by atoms with Crippen LogP contribution < -0.4 is 0 Å². The van der Waals surface area contributed by atoms with Crippen LogP contribution in [0.2, 0.25) is 10.0 Å². The zero-order chi connectivity index (χ0) is 15.0. The third kappa shape index (κ3) is 2.55. The Hall–Kier alpha value is -1.84. The van der Waals surface area contributed by atoms with Crippen LogP contribution in [0.15, 0.2) is 42.5 Å². The normalized spacial score (nSPS) is 11.0. The molecule has 0 radical (unpaired) electrons. The van der Waals surface area contributed by atoms with Crippen molar-refractivity contribution in [1.82, 2.24) is 9.78 Å². The fourth-order valence-electron chi connectivity index (χ4n) is 2.37. The molecule has 0 aliphatic rings. The van der Waals surface area contributed by atoms with Crippen molar-refractivity contribution < 1.29 is 4.79 Å². The van der Waals surface area contributed by atoms with E-state index in [1.54, 1.807) is 22.9 Å². The van der Waals surface area contributed by atoms with E-state index in [0.29, 0.717) is 21.3 Å². The molecule has 3 rings (SSSR count). The lowest BCUT2D eigenvalue weighted by Crippen LogP contribution is -2.06. The Morgan fingerprint density at radius 2 is 1.76 bits per heavy atom. The molecule has 3 aromatic rings. The summed E-state index contributed by atoms with van der Waals surface area (Å²) in [5.41, 5.74) is 2.01. The molecule has 0 amide bonds. The summed E-state index contributed by atoms with van der Waals surface area (Å²) < 4.78 is 1.71. The van der Waals surface area contributed by atoms with Crippen LogP contribution in [0.5, 0.6) is 0 Å². The van der Waals surface area contributed by atoms with Crippen molar-refractivity contribution in [3.05, 3.63) is 63.8 Å². The first-order valence-electron chi connectivity index (χ1n) is 6.45. The molecule has 0 saturated carbocycles. The number of hydrogen-bond acceptors (Lipinski definition) is 2. The van der Waals surface area contributed by atoms with Crippen molar-refractivity contribution in [3.63, 3.8) is 0 Å². The van der Waals surface area contributed by atoms with Crippen LogP contribution in [0.1, 0.15) is 16.1 Å². The number of nitrogens with zero attached hydrogens (tertiary/aromatic N) is 2. The van der Waals surface area contributed by atoms with E-state index < -0.39 is 0 Å². The topological polar surface area (TPSA) is 34.9 Å². The summed E-state index contributed by atoms with van der Waals surface area (Å²) in [5, 5.41) is 6.16. The second-order valence-corrected chi connectivity index (χ2v) is 5.60. The van der Waals surface area contributed by atoms with E-state index in [0.717, 1.165) is 10.9 Å². The summed E-state index contributed by atoms with van der Waals surface area (Å²) in [6.07, 6.45) is 0.138. The number of benzene rings is 2. The summed E-state index contributed by atoms with van der Waals surface area (Å²) in [6.45, 7) is 0. The number of rotatable bonds is 3. The maximum atomic E-state index is 12.6. The van der Waals surface area contributed by atoms with E-state index in [-0.39, 0.29) is 12.2 Å². The van der Waals surface area contributed by atoms with E-state index in [9.17, 15) is 4.79 Å². The maximum Gasteiger partial charge on any atom is 0.188 e. The second kappa shape index (κ2) is 5.51. The van der Waals surface area contributed by atoms with Gasteiger partial charge in [-0.25, -0.2) is 0 Å². The van der Waals surface area contributed by atoms with Crippen molar-refractivity contribution in [2.75, 3.05) is 0 Å². The van der Waals surface area contributed by atoms with E-state index in [4.69, 9.17) is 23.2 Å². The SMILES string of the molecule is Cn1nc(C(=O)Cc2c(Cl)cccc2Cl)c2ccccc21. The lowest BCUT2D eigenvalue weighted by molar-refractivity contribution is 0.0989. The molecule has 0 bridgehead atoms. The van der Waals surface area contributed by atoms with Gasteiger partial charge in [0.2, 0.25) is 0 Å². The standard InChI is InChI=1S/C16H12Cl2N2O/c1-20-14-8-3-2-5-10(14)16(19-20)15(21)9-11-12(17)6-4-7-13(11)18/h2-8H,9H2,1H3. The Morgan fingerprint density at radius 3 is 2.48 bits per heavy atom. The lowest BCUT2D eigenvalue weighted by atomic mass is 10.0. The van der Waals surface area contributed by atoms with Gasteiger partial charge >= 0.3 is 0 Å². The molecule has 3 nitrogen and oxygen atoms in total. The summed E-state index contributed by atoms with van der Waals surface area (Å²) >= 11 is 12.2. The van der Waals surface area contributed by atoms with Gasteiger partial charge in [-0.05, 0) is 23.8 Å². The summed E-state index contributed by atoms with van der Waals surface area (Å²) in [6, 6.07) is 12.9. The van der Waals surface area contributed by atoms with E-state index in [1.807, 2.05) is 31.3 Å². The van der Waals surface area contributed by atoms with Crippen LogP contribution in [-0.2, 0) is 13.5 Å². The first kappa shape index (κ1) is 14.1. The van der Waals surface area contributed by atoms with Gasteiger partial charge in [-0.3, -0.25) is 9.48 Å². The summed E-state index contributed by atoms with van der Waals surface area (Å²) in [5.74, 6) is -0.0956. The molecule has 0 unspecified atom stereocenters. The molecule has 1 aromatic heterocycles. The number of para-hydroxylation sites is 1. The van der Waals surface area contributed by atoms with Crippen molar-refractivity contribution in [3.8, 4) is 0 Å². The number of aryl methyl sites for hydroxylation is 1. The number of carbonyl (C=O) groups is 1. The molecular formula is C16H12Cl2N2O. The third-order valence-electron chi connectivity index (χ3n) is 3.42. The Kier molecular flexibility index (Phi) is 3.70. The zero-order valence-corrected chi connectivity index (χ0v) is 12.8. The minimum Gasteiger partial charge on any atom is -0.292 e. The van der Waals surface area contributed by atoms with E-state index in [2.05, 4.69) is 5.10 Å². The smallest absolute Gasteiger partial charge is 0.188 e. The number of Topliss-reactive ketones (excluding diaryl/α,β-unsaturated/α-hetero) is 1. The molecule has 0 spiro atoms. The predicted molar refractivity (Wildman–Crippen MR) is 85.2 cm³/mol. The highest BCUT2D eigenvalue weighted by Gasteiger charge is 2.18. The van der Waals surface area contributed by atoms with Gasteiger partial charge in [-0.15, -0.1) is 0 Å². The maximum absolute atomic E-state index is 12.6. The minimum atomic E-state index is -0.0956. The van der Waals surface area contributed by atoms with Crippen LogP contribution in [0.4, 0.5) is 0 Å². The molecule has 0 aliphatic carbocycles. The molecule has 0 saturated heterocycles. The molecular weight excluding hydrogens is 307 g/mol. The molecule has 106 valence electrons. The fraction of sp³-hybridized carbons (Fsp3) is 0.125. The van der Waals surface area contributed by atoms with Crippen LogP contribution in [-0.4, -0.2) is 15.6 Å². The fourth-order valence-corrected chi connectivity index (χ4v) is 2.90. The first-order valence-corrected chi connectivity index (χ1v) is 7.21. The van der Waals surface area contributed by atoms with Crippen LogP contribution in [0.3, 0.4) is 0 Å². The zero-order valence-electron chi connectivity index (χ0n) is 11.3. The summed E-state index contributed by atoms with van der Waals surface area (Å²) in [7, 11) is 1.82. The van der Waals surface area contributed by atoms with Crippen molar-refractivity contribution in [2.45, 2.75) is 6.42 Å². The van der Waals surface area contributed by atoms with Gasteiger partial charge in [-0.2, -0.15) is 5.10 Å². The Morgan fingerprint density at radius 1 is 1.10 bits per heavy atom.